The van der Waals surface area contributed by atoms with Gasteiger partial charge >= 0.3 is 0 Å². The highest BCUT2D eigenvalue weighted by Gasteiger charge is 2.20. The minimum absolute atomic E-state index is 0.0750. The van der Waals surface area contributed by atoms with E-state index < -0.39 is 0 Å². The van der Waals surface area contributed by atoms with Crippen molar-refractivity contribution >= 4 is 55.0 Å². The maximum atomic E-state index is 6.09. The van der Waals surface area contributed by atoms with Crippen molar-refractivity contribution in [3.8, 4) is 0 Å². The third-order valence-electron chi connectivity index (χ3n) is 2.30. The van der Waals surface area contributed by atoms with Crippen LogP contribution in [0.1, 0.15) is 17.1 Å². The normalized spacial score (nSPS) is 14.4. The van der Waals surface area contributed by atoms with Gasteiger partial charge in [-0.15, -0.1) is 11.3 Å². The zero-order chi connectivity index (χ0) is 13.1. The van der Waals surface area contributed by atoms with E-state index in [9.17, 15) is 0 Å². The highest BCUT2D eigenvalue weighted by atomic mass is 79.9. The number of thiophene rings is 1. The van der Waals surface area contributed by atoms with Crippen LogP contribution in [0, 0.1) is 0 Å². The van der Waals surface area contributed by atoms with Crippen molar-refractivity contribution in [1.29, 1.82) is 0 Å². The third-order valence-corrected chi connectivity index (χ3v) is 6.05. The SMILES string of the molecule is CC(N)C(Sc1ccc(Br)cn1)c1ccc(Br)s1. The fourth-order valence-corrected chi connectivity index (χ4v) is 4.44. The number of aromatic nitrogens is 1. The van der Waals surface area contributed by atoms with Gasteiger partial charge in [-0.2, -0.15) is 0 Å². The molecular weight excluding hydrogens is 396 g/mol. The fraction of sp³-hybridized carbons (Fsp3) is 0.250. The van der Waals surface area contributed by atoms with Gasteiger partial charge in [-0.3, -0.25) is 0 Å². The molecule has 2 atom stereocenters. The molecule has 0 aliphatic carbocycles. The van der Waals surface area contributed by atoms with E-state index in [1.807, 2.05) is 25.3 Å². The fourth-order valence-electron chi connectivity index (χ4n) is 1.47. The average molecular weight is 408 g/mol. The van der Waals surface area contributed by atoms with Crippen LogP contribution in [0.2, 0.25) is 0 Å². The lowest BCUT2D eigenvalue weighted by Crippen LogP contribution is -2.21. The molecule has 0 aliphatic heterocycles. The largest absolute Gasteiger partial charge is 0.327 e. The van der Waals surface area contributed by atoms with E-state index in [0.29, 0.717) is 0 Å². The van der Waals surface area contributed by atoms with Crippen LogP contribution in [-0.2, 0) is 0 Å². The average Bonchev–Trinajstić information content (AvgIpc) is 2.74. The molecule has 0 amide bonds. The van der Waals surface area contributed by atoms with E-state index in [1.165, 1.54) is 4.88 Å². The molecule has 0 saturated heterocycles. The summed E-state index contributed by atoms with van der Waals surface area (Å²) in [4.78, 5) is 5.66. The van der Waals surface area contributed by atoms with Crippen molar-refractivity contribution in [2.75, 3.05) is 0 Å². The lowest BCUT2D eigenvalue weighted by atomic mass is 10.2. The zero-order valence-electron chi connectivity index (χ0n) is 9.64. The smallest absolute Gasteiger partial charge is 0.0967 e. The van der Waals surface area contributed by atoms with Crippen LogP contribution < -0.4 is 5.73 Å². The Morgan fingerprint density at radius 1 is 1.28 bits per heavy atom. The summed E-state index contributed by atoms with van der Waals surface area (Å²) in [6, 6.07) is 8.26. The molecule has 2 aromatic rings. The number of halogens is 2. The Morgan fingerprint density at radius 3 is 2.56 bits per heavy atom. The number of nitrogens with zero attached hydrogens (tertiary/aromatic N) is 1. The first-order valence-corrected chi connectivity index (χ1v) is 8.63. The second-order valence-electron chi connectivity index (χ2n) is 3.85. The van der Waals surface area contributed by atoms with Crippen molar-refractivity contribution in [1.82, 2.24) is 4.98 Å². The van der Waals surface area contributed by atoms with Gasteiger partial charge < -0.3 is 5.73 Å². The quantitative estimate of drug-likeness (QED) is 0.736. The molecule has 0 aromatic carbocycles. The van der Waals surface area contributed by atoms with Crippen LogP contribution in [0.5, 0.6) is 0 Å². The van der Waals surface area contributed by atoms with Crippen molar-refractivity contribution in [2.24, 2.45) is 5.73 Å². The highest BCUT2D eigenvalue weighted by Crippen LogP contribution is 2.40. The molecule has 18 heavy (non-hydrogen) atoms. The maximum Gasteiger partial charge on any atom is 0.0967 e. The minimum Gasteiger partial charge on any atom is -0.327 e. The summed E-state index contributed by atoms with van der Waals surface area (Å²) < 4.78 is 2.12. The Bertz CT molecular complexity index is 511. The third kappa shape index (κ3) is 3.81. The lowest BCUT2D eigenvalue weighted by Gasteiger charge is -2.18. The summed E-state index contributed by atoms with van der Waals surface area (Å²) in [5.74, 6) is 0. The summed E-state index contributed by atoms with van der Waals surface area (Å²) in [6.07, 6.45) is 1.81. The predicted octanol–water partition coefficient (Wildman–Crippen LogP) is 4.85. The second kappa shape index (κ2) is 6.52. The molecule has 96 valence electrons. The van der Waals surface area contributed by atoms with E-state index in [1.54, 1.807) is 23.1 Å². The number of nitrogens with two attached hydrogens (primary N) is 1. The summed E-state index contributed by atoms with van der Waals surface area (Å²) >= 11 is 10.3. The van der Waals surface area contributed by atoms with E-state index in [0.717, 1.165) is 13.3 Å². The minimum atomic E-state index is 0.0750. The van der Waals surface area contributed by atoms with Gasteiger partial charge in [0, 0.05) is 21.6 Å². The van der Waals surface area contributed by atoms with Crippen molar-refractivity contribution < 1.29 is 0 Å². The van der Waals surface area contributed by atoms with E-state index in [2.05, 4.69) is 49.0 Å². The van der Waals surface area contributed by atoms with E-state index >= 15 is 0 Å². The highest BCUT2D eigenvalue weighted by molar-refractivity contribution is 9.11. The summed E-state index contributed by atoms with van der Waals surface area (Å²) in [5, 5.41) is 1.22. The summed E-state index contributed by atoms with van der Waals surface area (Å²) in [6.45, 7) is 2.03. The van der Waals surface area contributed by atoms with Crippen LogP contribution in [-0.4, -0.2) is 11.0 Å². The van der Waals surface area contributed by atoms with Crippen LogP contribution in [0.4, 0.5) is 0 Å². The molecule has 2 rings (SSSR count). The van der Waals surface area contributed by atoms with Gasteiger partial charge in [0.2, 0.25) is 0 Å². The molecule has 2 unspecified atom stereocenters. The van der Waals surface area contributed by atoms with Gasteiger partial charge in [-0.1, -0.05) is 11.8 Å². The molecule has 2 nitrogen and oxygen atoms in total. The first-order valence-electron chi connectivity index (χ1n) is 5.35. The Hall–Kier alpha value is 0.120. The van der Waals surface area contributed by atoms with Crippen molar-refractivity contribution in [3.05, 3.63) is 43.6 Å². The Labute approximate surface area is 132 Å². The molecule has 2 N–H and O–H groups in total. The van der Waals surface area contributed by atoms with E-state index in [-0.39, 0.29) is 11.3 Å². The Morgan fingerprint density at radius 2 is 2.06 bits per heavy atom. The first kappa shape index (κ1) is 14.5. The Balaban J connectivity index is 2.19. The molecule has 0 fully saturated rings. The van der Waals surface area contributed by atoms with Crippen molar-refractivity contribution in [3.63, 3.8) is 0 Å². The molecule has 2 aromatic heterocycles. The number of thioether (sulfide) groups is 1. The monoisotopic (exact) mass is 406 g/mol. The summed E-state index contributed by atoms with van der Waals surface area (Å²) in [7, 11) is 0. The molecule has 2 heterocycles. The van der Waals surface area contributed by atoms with Crippen LogP contribution in [0.25, 0.3) is 0 Å². The number of hydrogen-bond donors (Lipinski definition) is 1. The van der Waals surface area contributed by atoms with Crippen LogP contribution in [0.15, 0.2) is 43.7 Å². The molecular formula is C12H12Br2N2S2. The number of rotatable bonds is 4. The molecule has 0 spiro atoms. The van der Waals surface area contributed by atoms with Gasteiger partial charge in [0.05, 0.1) is 14.1 Å². The molecule has 6 heteroatoms. The molecule has 0 radical (unpaired) electrons. The van der Waals surface area contributed by atoms with E-state index in [4.69, 9.17) is 5.73 Å². The number of hydrogen-bond acceptors (Lipinski definition) is 4. The lowest BCUT2D eigenvalue weighted by molar-refractivity contribution is 0.728. The van der Waals surface area contributed by atoms with Gasteiger partial charge in [-0.25, -0.2) is 4.98 Å². The van der Waals surface area contributed by atoms with Crippen LogP contribution in [0.3, 0.4) is 0 Å². The van der Waals surface area contributed by atoms with Gasteiger partial charge in [0.1, 0.15) is 0 Å². The second-order valence-corrected chi connectivity index (χ2v) is 8.43. The predicted molar refractivity (Wildman–Crippen MR) is 86.2 cm³/mol. The first-order chi connectivity index (χ1) is 8.56. The van der Waals surface area contributed by atoms with Gasteiger partial charge in [-0.05, 0) is 63.0 Å². The van der Waals surface area contributed by atoms with Crippen molar-refractivity contribution in [2.45, 2.75) is 23.2 Å². The van der Waals surface area contributed by atoms with Crippen LogP contribution >= 0.6 is 55.0 Å². The maximum absolute atomic E-state index is 6.09. The summed E-state index contributed by atoms with van der Waals surface area (Å²) in [5.41, 5.74) is 6.09. The zero-order valence-corrected chi connectivity index (χ0v) is 14.4. The standard InChI is InChI=1S/C12H12Br2N2S2/c1-7(15)12(9-3-4-10(14)17-9)18-11-5-2-8(13)6-16-11/h2-7,12H,15H2,1H3. The molecule has 0 aliphatic rings. The Kier molecular flexibility index (Phi) is 5.26. The van der Waals surface area contributed by atoms with Gasteiger partial charge in [0.15, 0.2) is 0 Å². The van der Waals surface area contributed by atoms with Gasteiger partial charge in [0.25, 0.3) is 0 Å². The molecule has 0 saturated carbocycles. The molecule has 0 bridgehead atoms. The topological polar surface area (TPSA) is 38.9 Å². The number of pyridine rings is 1.